The molecule has 0 spiro atoms. The van der Waals surface area contributed by atoms with E-state index in [-0.39, 0.29) is 11.7 Å². The van der Waals surface area contributed by atoms with Crippen LogP contribution in [-0.4, -0.2) is 18.9 Å². The number of carbonyl (C=O) groups is 1. The molecule has 0 aliphatic carbocycles. The second-order valence-corrected chi connectivity index (χ2v) is 6.20. The average Bonchev–Trinajstić information content (AvgIpc) is 3.11. The van der Waals surface area contributed by atoms with Gasteiger partial charge in [0, 0.05) is 23.1 Å². The van der Waals surface area contributed by atoms with E-state index in [4.69, 9.17) is 4.74 Å². The van der Waals surface area contributed by atoms with E-state index in [1.54, 1.807) is 7.11 Å². The van der Waals surface area contributed by atoms with Crippen molar-refractivity contribution in [3.05, 3.63) is 83.7 Å². The highest BCUT2D eigenvalue weighted by Gasteiger charge is 2.24. The summed E-state index contributed by atoms with van der Waals surface area (Å²) < 4.78 is 18.5. The third kappa shape index (κ3) is 3.31. The Bertz CT molecular complexity index is 1030. The van der Waals surface area contributed by atoms with E-state index in [2.05, 4.69) is 10.3 Å². The molecule has 4 rings (SSSR count). The predicted octanol–water partition coefficient (Wildman–Crippen LogP) is 4.52. The van der Waals surface area contributed by atoms with Crippen LogP contribution in [0.5, 0.6) is 5.75 Å². The molecular formula is C22H17FN2O2. The molecule has 5 heteroatoms. The standard InChI is InChI=1S/C22H17FN2O2/c1-27-19-12-11-17(14-5-3-2-4-6-14)21-18(19)13-20(24-21)25-22(26)15-7-9-16(23)10-8-15/h2-12H,13H2,1H3,(H,24,25,26). The lowest BCUT2D eigenvalue weighted by Gasteiger charge is -2.10. The number of methoxy groups -OCH3 is 1. The highest BCUT2D eigenvalue weighted by molar-refractivity contribution is 6.10. The summed E-state index contributed by atoms with van der Waals surface area (Å²) in [5.41, 5.74) is 4.15. The quantitative estimate of drug-likeness (QED) is 0.747. The van der Waals surface area contributed by atoms with E-state index in [1.807, 2.05) is 42.5 Å². The van der Waals surface area contributed by atoms with Gasteiger partial charge in [-0.1, -0.05) is 30.3 Å². The summed E-state index contributed by atoms with van der Waals surface area (Å²) in [7, 11) is 1.62. The lowest BCUT2D eigenvalue weighted by atomic mass is 9.99. The highest BCUT2D eigenvalue weighted by Crippen LogP contribution is 2.42. The fourth-order valence-electron chi connectivity index (χ4n) is 3.18. The van der Waals surface area contributed by atoms with Crippen LogP contribution in [0.15, 0.2) is 71.7 Å². The number of halogens is 1. The van der Waals surface area contributed by atoms with Crippen molar-refractivity contribution in [1.82, 2.24) is 5.32 Å². The first-order chi connectivity index (χ1) is 13.2. The molecule has 3 aromatic rings. The SMILES string of the molecule is COc1ccc(-c2ccccc2)c2c1CC(NC(=O)c1ccc(F)cc1)=N2. The normalized spacial score (nSPS) is 12.3. The van der Waals surface area contributed by atoms with Crippen molar-refractivity contribution < 1.29 is 13.9 Å². The summed E-state index contributed by atoms with van der Waals surface area (Å²) in [5.74, 6) is 0.580. The number of nitrogens with one attached hydrogen (secondary N) is 1. The second kappa shape index (κ2) is 7.03. The lowest BCUT2D eigenvalue weighted by Crippen LogP contribution is -2.30. The first-order valence-electron chi connectivity index (χ1n) is 8.55. The van der Waals surface area contributed by atoms with Crippen LogP contribution in [0.3, 0.4) is 0 Å². The van der Waals surface area contributed by atoms with Crippen molar-refractivity contribution in [3.8, 4) is 16.9 Å². The molecular weight excluding hydrogens is 343 g/mol. The maximum Gasteiger partial charge on any atom is 0.256 e. The van der Waals surface area contributed by atoms with Crippen molar-refractivity contribution in [1.29, 1.82) is 0 Å². The third-order valence-electron chi connectivity index (χ3n) is 4.50. The minimum atomic E-state index is -0.380. The molecule has 27 heavy (non-hydrogen) atoms. The van der Waals surface area contributed by atoms with Gasteiger partial charge in [0.15, 0.2) is 0 Å². The molecule has 0 radical (unpaired) electrons. The van der Waals surface area contributed by atoms with Gasteiger partial charge in [0.25, 0.3) is 5.91 Å². The Kier molecular flexibility index (Phi) is 4.42. The summed E-state index contributed by atoms with van der Waals surface area (Å²) in [5, 5.41) is 2.82. The van der Waals surface area contributed by atoms with E-state index in [9.17, 15) is 9.18 Å². The van der Waals surface area contributed by atoms with Crippen LogP contribution in [0.25, 0.3) is 11.1 Å². The summed E-state index contributed by atoms with van der Waals surface area (Å²) in [6.07, 6.45) is 0.464. The van der Waals surface area contributed by atoms with Gasteiger partial charge in [0.05, 0.1) is 12.8 Å². The molecule has 3 aromatic carbocycles. The molecule has 134 valence electrons. The lowest BCUT2D eigenvalue weighted by molar-refractivity contribution is 0.0976. The largest absolute Gasteiger partial charge is 0.496 e. The molecule has 1 aliphatic heterocycles. The first kappa shape index (κ1) is 17.0. The van der Waals surface area contributed by atoms with Crippen LogP contribution in [0.1, 0.15) is 15.9 Å². The van der Waals surface area contributed by atoms with Gasteiger partial charge >= 0.3 is 0 Å². The molecule has 0 fully saturated rings. The van der Waals surface area contributed by atoms with Crippen LogP contribution >= 0.6 is 0 Å². The Hall–Kier alpha value is -3.47. The van der Waals surface area contributed by atoms with Gasteiger partial charge in [-0.15, -0.1) is 0 Å². The van der Waals surface area contributed by atoms with Crippen LogP contribution in [0.4, 0.5) is 10.1 Å². The molecule has 0 atom stereocenters. The van der Waals surface area contributed by atoms with Gasteiger partial charge in [0.2, 0.25) is 0 Å². The van der Waals surface area contributed by atoms with Gasteiger partial charge in [-0.3, -0.25) is 4.79 Å². The minimum Gasteiger partial charge on any atom is -0.496 e. The van der Waals surface area contributed by atoms with Crippen LogP contribution < -0.4 is 10.1 Å². The molecule has 0 unspecified atom stereocenters. The number of benzene rings is 3. The number of hydrogen-bond donors (Lipinski definition) is 1. The molecule has 0 bridgehead atoms. The zero-order valence-electron chi connectivity index (χ0n) is 14.7. The fraction of sp³-hybridized carbons (Fsp3) is 0.0909. The van der Waals surface area contributed by atoms with E-state index >= 15 is 0 Å². The van der Waals surface area contributed by atoms with E-state index in [0.29, 0.717) is 17.8 Å². The Morgan fingerprint density at radius 3 is 2.48 bits per heavy atom. The Balaban J connectivity index is 1.66. The second-order valence-electron chi connectivity index (χ2n) is 6.20. The third-order valence-corrected chi connectivity index (χ3v) is 4.50. The number of hydrogen-bond acceptors (Lipinski definition) is 3. The number of fused-ring (bicyclic) bond motifs is 1. The summed E-state index contributed by atoms with van der Waals surface area (Å²) >= 11 is 0. The number of ether oxygens (including phenoxy) is 1. The van der Waals surface area contributed by atoms with Gasteiger partial charge in [0.1, 0.15) is 17.4 Å². The number of carbonyl (C=O) groups excluding carboxylic acids is 1. The molecule has 0 aromatic heterocycles. The Morgan fingerprint density at radius 1 is 1.04 bits per heavy atom. The van der Waals surface area contributed by atoms with Crippen molar-refractivity contribution in [2.45, 2.75) is 6.42 Å². The average molecular weight is 360 g/mol. The smallest absolute Gasteiger partial charge is 0.256 e. The maximum absolute atomic E-state index is 13.1. The summed E-state index contributed by atoms with van der Waals surface area (Å²) in [4.78, 5) is 17.1. The molecule has 0 saturated carbocycles. The Labute approximate surface area is 156 Å². The van der Waals surface area contributed by atoms with E-state index in [0.717, 1.165) is 28.1 Å². The molecule has 1 heterocycles. The Morgan fingerprint density at radius 2 is 1.78 bits per heavy atom. The summed E-state index contributed by atoms with van der Waals surface area (Å²) in [6, 6.07) is 19.3. The highest BCUT2D eigenvalue weighted by atomic mass is 19.1. The zero-order valence-corrected chi connectivity index (χ0v) is 14.7. The number of rotatable bonds is 3. The predicted molar refractivity (Wildman–Crippen MR) is 103 cm³/mol. The van der Waals surface area contributed by atoms with E-state index in [1.165, 1.54) is 24.3 Å². The zero-order chi connectivity index (χ0) is 18.8. The molecule has 1 amide bonds. The monoisotopic (exact) mass is 360 g/mol. The number of amides is 1. The van der Waals surface area contributed by atoms with Gasteiger partial charge in [-0.05, 0) is 42.0 Å². The topological polar surface area (TPSA) is 50.7 Å². The van der Waals surface area contributed by atoms with E-state index < -0.39 is 0 Å². The van der Waals surface area contributed by atoms with Crippen molar-refractivity contribution >= 4 is 17.4 Å². The summed E-state index contributed by atoms with van der Waals surface area (Å²) in [6.45, 7) is 0. The molecule has 1 N–H and O–H groups in total. The van der Waals surface area contributed by atoms with Gasteiger partial charge in [-0.2, -0.15) is 0 Å². The number of aliphatic imine (C=N–C) groups is 1. The number of nitrogens with zero attached hydrogens (tertiary/aromatic N) is 1. The van der Waals surface area contributed by atoms with Crippen molar-refractivity contribution in [3.63, 3.8) is 0 Å². The van der Waals surface area contributed by atoms with Crippen LogP contribution in [0, 0.1) is 5.82 Å². The van der Waals surface area contributed by atoms with Gasteiger partial charge < -0.3 is 10.1 Å². The van der Waals surface area contributed by atoms with Gasteiger partial charge in [-0.25, -0.2) is 9.38 Å². The fourth-order valence-corrected chi connectivity index (χ4v) is 3.18. The number of amidine groups is 1. The molecule has 1 aliphatic rings. The van der Waals surface area contributed by atoms with Crippen molar-refractivity contribution in [2.24, 2.45) is 4.99 Å². The minimum absolute atomic E-state index is 0.318. The van der Waals surface area contributed by atoms with Crippen molar-refractivity contribution in [2.75, 3.05) is 7.11 Å². The first-order valence-corrected chi connectivity index (χ1v) is 8.55. The van der Waals surface area contributed by atoms with Crippen LogP contribution in [-0.2, 0) is 6.42 Å². The maximum atomic E-state index is 13.1. The molecule has 0 saturated heterocycles. The molecule has 4 nitrogen and oxygen atoms in total. The van der Waals surface area contributed by atoms with Crippen LogP contribution in [0.2, 0.25) is 0 Å².